The van der Waals surface area contributed by atoms with Gasteiger partial charge in [-0.2, -0.15) is 0 Å². The molecule has 5 heteroatoms. The van der Waals surface area contributed by atoms with Gasteiger partial charge in [-0.1, -0.05) is 13.8 Å². The van der Waals surface area contributed by atoms with Crippen molar-refractivity contribution in [1.29, 1.82) is 0 Å². The zero-order chi connectivity index (χ0) is 13.1. The lowest BCUT2D eigenvalue weighted by molar-refractivity contribution is -0.143. The van der Waals surface area contributed by atoms with Crippen LogP contribution in [0.3, 0.4) is 0 Å². The Bertz CT molecular complexity index is 299. The predicted molar refractivity (Wildman–Crippen MR) is 78.4 cm³/mol. The number of ether oxygens (including phenoxy) is 1. The van der Waals surface area contributed by atoms with Crippen LogP contribution in [-0.2, 0) is 9.53 Å². The van der Waals surface area contributed by atoms with Crippen LogP contribution in [0, 0.1) is 5.92 Å². The average Bonchev–Trinajstić information content (AvgIpc) is 2.95. The minimum atomic E-state index is -0.230. The fourth-order valence-corrected chi connectivity index (χ4v) is 3.16. The lowest BCUT2D eigenvalue weighted by Crippen LogP contribution is -2.43. The maximum Gasteiger partial charge on any atom is 0.251 e. The molecule has 0 aromatic heterocycles. The van der Waals surface area contributed by atoms with Crippen molar-refractivity contribution < 1.29 is 9.53 Å². The summed E-state index contributed by atoms with van der Waals surface area (Å²) in [5, 5.41) is 0. The average molecular weight is 291 g/mol. The maximum absolute atomic E-state index is 12.5. The molecule has 0 aliphatic carbocycles. The van der Waals surface area contributed by atoms with Gasteiger partial charge in [-0.3, -0.25) is 4.79 Å². The Labute approximate surface area is 122 Å². The first-order chi connectivity index (χ1) is 8.61. The van der Waals surface area contributed by atoms with Crippen molar-refractivity contribution in [1.82, 2.24) is 4.90 Å². The Morgan fingerprint density at radius 3 is 2.68 bits per heavy atom. The van der Waals surface area contributed by atoms with Crippen LogP contribution in [0.5, 0.6) is 0 Å². The Morgan fingerprint density at radius 1 is 1.37 bits per heavy atom. The van der Waals surface area contributed by atoms with Gasteiger partial charge < -0.3 is 15.4 Å². The highest BCUT2D eigenvalue weighted by Crippen LogP contribution is 2.28. The fourth-order valence-electron chi connectivity index (χ4n) is 3.16. The topological polar surface area (TPSA) is 55.6 Å². The summed E-state index contributed by atoms with van der Waals surface area (Å²) < 4.78 is 5.72. The SMILES string of the molecule is CC(C)CC1CCCN1C(=O)[C@@H]1CC[C@H](CN)O1.Cl. The molecule has 0 spiro atoms. The van der Waals surface area contributed by atoms with Crippen LogP contribution in [0.1, 0.15) is 46.0 Å². The number of hydrogen-bond acceptors (Lipinski definition) is 3. The third-order valence-corrected chi connectivity index (χ3v) is 4.05. The second-order valence-corrected chi connectivity index (χ2v) is 6.02. The fraction of sp³-hybridized carbons (Fsp3) is 0.929. The van der Waals surface area contributed by atoms with Crippen LogP contribution < -0.4 is 5.73 Å². The Kier molecular flexibility index (Phi) is 6.57. The molecule has 0 bridgehead atoms. The van der Waals surface area contributed by atoms with E-state index in [-0.39, 0.29) is 30.5 Å². The summed E-state index contributed by atoms with van der Waals surface area (Å²) in [6.45, 7) is 5.87. The molecule has 0 aromatic carbocycles. The van der Waals surface area contributed by atoms with E-state index in [0.717, 1.165) is 38.6 Å². The van der Waals surface area contributed by atoms with Crippen LogP contribution in [0.25, 0.3) is 0 Å². The molecule has 19 heavy (non-hydrogen) atoms. The third-order valence-electron chi connectivity index (χ3n) is 4.05. The minimum absolute atomic E-state index is 0. The molecule has 0 aromatic rings. The van der Waals surface area contributed by atoms with Gasteiger partial charge >= 0.3 is 0 Å². The van der Waals surface area contributed by atoms with Gasteiger partial charge in [0.15, 0.2) is 0 Å². The molecule has 1 unspecified atom stereocenters. The first-order valence-electron chi connectivity index (χ1n) is 7.27. The highest BCUT2D eigenvalue weighted by atomic mass is 35.5. The lowest BCUT2D eigenvalue weighted by atomic mass is 10.0. The van der Waals surface area contributed by atoms with E-state index in [4.69, 9.17) is 10.5 Å². The van der Waals surface area contributed by atoms with Crippen molar-refractivity contribution in [3.8, 4) is 0 Å². The van der Waals surface area contributed by atoms with Gasteiger partial charge in [0, 0.05) is 19.1 Å². The Morgan fingerprint density at radius 2 is 2.11 bits per heavy atom. The number of nitrogens with zero attached hydrogens (tertiary/aromatic N) is 1. The molecule has 4 nitrogen and oxygen atoms in total. The maximum atomic E-state index is 12.5. The molecule has 2 N–H and O–H groups in total. The summed E-state index contributed by atoms with van der Waals surface area (Å²) in [6, 6.07) is 0.429. The highest BCUT2D eigenvalue weighted by molar-refractivity contribution is 5.85. The molecule has 1 amide bonds. The Hall–Kier alpha value is -0.320. The van der Waals surface area contributed by atoms with Gasteiger partial charge in [0.1, 0.15) is 6.10 Å². The summed E-state index contributed by atoms with van der Waals surface area (Å²) in [5.74, 6) is 0.846. The van der Waals surface area contributed by atoms with Gasteiger partial charge in [-0.15, -0.1) is 12.4 Å². The van der Waals surface area contributed by atoms with E-state index in [9.17, 15) is 4.79 Å². The third kappa shape index (κ3) is 4.07. The molecule has 112 valence electrons. The van der Waals surface area contributed by atoms with Crippen LogP contribution in [-0.4, -0.2) is 42.1 Å². The van der Waals surface area contributed by atoms with E-state index < -0.39 is 0 Å². The second-order valence-electron chi connectivity index (χ2n) is 6.02. The largest absolute Gasteiger partial charge is 0.364 e. The van der Waals surface area contributed by atoms with E-state index in [1.165, 1.54) is 0 Å². The number of amides is 1. The number of likely N-dealkylation sites (tertiary alicyclic amines) is 1. The van der Waals surface area contributed by atoms with Crippen LogP contribution in [0.15, 0.2) is 0 Å². The number of carbonyl (C=O) groups excluding carboxylic acids is 1. The van der Waals surface area contributed by atoms with Crippen molar-refractivity contribution in [2.45, 2.75) is 64.2 Å². The molecule has 2 aliphatic rings. The second kappa shape index (κ2) is 7.46. The first-order valence-corrected chi connectivity index (χ1v) is 7.27. The standard InChI is InChI=1S/C14H26N2O2.ClH/c1-10(2)8-11-4-3-7-16(11)14(17)13-6-5-12(9-15)18-13;/h10-13H,3-9,15H2,1-2H3;1H/t11?,12-,13+;/m1./s1. The smallest absolute Gasteiger partial charge is 0.251 e. The molecule has 2 heterocycles. The number of halogens is 1. The summed E-state index contributed by atoms with van der Waals surface area (Å²) in [4.78, 5) is 14.5. The van der Waals surface area contributed by atoms with Crippen LogP contribution in [0.4, 0.5) is 0 Å². The molecule has 2 aliphatic heterocycles. The van der Waals surface area contributed by atoms with Gasteiger partial charge in [-0.25, -0.2) is 0 Å². The van der Waals surface area contributed by atoms with Gasteiger partial charge in [0.25, 0.3) is 5.91 Å². The molecular formula is C14H27ClN2O2. The molecule has 3 atom stereocenters. The van der Waals surface area contributed by atoms with E-state index in [1.807, 2.05) is 0 Å². The van der Waals surface area contributed by atoms with Crippen molar-refractivity contribution in [2.24, 2.45) is 11.7 Å². The van der Waals surface area contributed by atoms with E-state index in [2.05, 4.69) is 18.7 Å². The molecular weight excluding hydrogens is 264 g/mol. The number of hydrogen-bond donors (Lipinski definition) is 1. The zero-order valence-corrected chi connectivity index (χ0v) is 12.8. The quantitative estimate of drug-likeness (QED) is 0.861. The lowest BCUT2D eigenvalue weighted by Gasteiger charge is -2.28. The summed E-state index contributed by atoms with van der Waals surface area (Å²) >= 11 is 0. The number of carbonyl (C=O) groups is 1. The normalized spacial score (nSPS) is 30.7. The van der Waals surface area contributed by atoms with Crippen molar-refractivity contribution >= 4 is 18.3 Å². The van der Waals surface area contributed by atoms with Crippen molar-refractivity contribution in [3.63, 3.8) is 0 Å². The molecule has 2 saturated heterocycles. The predicted octanol–water partition coefficient (Wildman–Crippen LogP) is 1.95. The highest BCUT2D eigenvalue weighted by Gasteiger charge is 2.37. The summed E-state index contributed by atoms with van der Waals surface area (Å²) in [5.41, 5.74) is 5.59. The van der Waals surface area contributed by atoms with E-state index in [1.54, 1.807) is 0 Å². The molecule has 0 saturated carbocycles. The van der Waals surface area contributed by atoms with Gasteiger partial charge in [-0.05, 0) is 38.0 Å². The molecule has 2 rings (SSSR count). The first kappa shape index (κ1) is 16.7. The zero-order valence-electron chi connectivity index (χ0n) is 12.0. The Balaban J connectivity index is 0.00000180. The number of rotatable bonds is 4. The van der Waals surface area contributed by atoms with Crippen LogP contribution in [0.2, 0.25) is 0 Å². The minimum Gasteiger partial charge on any atom is -0.364 e. The number of nitrogens with two attached hydrogens (primary N) is 1. The molecule has 0 radical (unpaired) electrons. The molecule has 2 fully saturated rings. The van der Waals surface area contributed by atoms with E-state index >= 15 is 0 Å². The van der Waals surface area contributed by atoms with Crippen molar-refractivity contribution in [3.05, 3.63) is 0 Å². The van der Waals surface area contributed by atoms with Crippen molar-refractivity contribution in [2.75, 3.05) is 13.1 Å². The monoisotopic (exact) mass is 290 g/mol. The summed E-state index contributed by atoms with van der Waals surface area (Å²) in [6.07, 6.45) is 5.02. The summed E-state index contributed by atoms with van der Waals surface area (Å²) in [7, 11) is 0. The van der Waals surface area contributed by atoms with Crippen LogP contribution >= 0.6 is 12.4 Å². The van der Waals surface area contributed by atoms with E-state index in [0.29, 0.717) is 18.5 Å². The van der Waals surface area contributed by atoms with Gasteiger partial charge in [0.05, 0.1) is 6.10 Å². The van der Waals surface area contributed by atoms with Gasteiger partial charge in [0.2, 0.25) is 0 Å².